The van der Waals surface area contributed by atoms with E-state index in [1.54, 1.807) is 0 Å². The highest BCUT2D eigenvalue weighted by molar-refractivity contribution is 7.90. The summed E-state index contributed by atoms with van der Waals surface area (Å²) in [6, 6.07) is 1.49. The van der Waals surface area contributed by atoms with E-state index in [1.165, 1.54) is 16.6 Å². The molecule has 8 heteroatoms. The summed E-state index contributed by atoms with van der Waals surface area (Å²) in [7, 11) is -3.62. The van der Waals surface area contributed by atoms with E-state index >= 15 is 0 Å². The molecule has 106 valence electrons. The lowest BCUT2D eigenvalue weighted by Gasteiger charge is -2.33. The molecule has 1 fully saturated rings. The van der Waals surface area contributed by atoms with Gasteiger partial charge in [0.1, 0.15) is 5.15 Å². The van der Waals surface area contributed by atoms with Gasteiger partial charge in [-0.05, 0) is 24.3 Å². The molecule has 2 heterocycles. The van der Waals surface area contributed by atoms with Crippen LogP contribution in [0.2, 0.25) is 5.15 Å². The van der Waals surface area contributed by atoms with Gasteiger partial charge in [-0.3, -0.25) is 0 Å². The summed E-state index contributed by atoms with van der Waals surface area (Å²) in [4.78, 5) is 7.67. The summed E-state index contributed by atoms with van der Waals surface area (Å²) in [5.41, 5.74) is 0. The minimum atomic E-state index is -3.62. The predicted octanol–water partition coefficient (Wildman–Crippen LogP) is 1.76. The van der Waals surface area contributed by atoms with Gasteiger partial charge < -0.3 is 0 Å². The standard InChI is InChI=1S/C11H17ClN4O2S/c1-8-5-9(2)7-16(6-8)19(17,18)15-11-13-4-3-10(12)14-11/h3-4,8-9H,5-7H2,1-2H3,(H,13,14,15). The average molecular weight is 305 g/mol. The van der Waals surface area contributed by atoms with E-state index in [1.807, 2.05) is 13.8 Å². The summed E-state index contributed by atoms with van der Waals surface area (Å²) >= 11 is 5.71. The van der Waals surface area contributed by atoms with Gasteiger partial charge >= 0.3 is 10.2 Å². The van der Waals surface area contributed by atoms with Crippen molar-refractivity contribution in [3.63, 3.8) is 0 Å². The number of aromatic nitrogens is 2. The number of rotatable bonds is 3. The highest BCUT2D eigenvalue weighted by atomic mass is 35.5. The zero-order valence-corrected chi connectivity index (χ0v) is 12.4. The second-order valence-corrected chi connectivity index (χ2v) is 7.13. The maximum absolute atomic E-state index is 12.2. The van der Waals surface area contributed by atoms with Gasteiger partial charge in [-0.2, -0.15) is 12.7 Å². The second-order valence-electron chi connectivity index (χ2n) is 5.07. The molecule has 1 saturated heterocycles. The van der Waals surface area contributed by atoms with Crippen molar-refractivity contribution in [2.45, 2.75) is 20.3 Å². The van der Waals surface area contributed by atoms with E-state index in [-0.39, 0.29) is 11.1 Å². The quantitative estimate of drug-likeness (QED) is 0.864. The molecule has 2 atom stereocenters. The van der Waals surface area contributed by atoms with Crippen LogP contribution in [0.15, 0.2) is 12.3 Å². The molecule has 0 radical (unpaired) electrons. The number of hydrogen-bond donors (Lipinski definition) is 1. The van der Waals surface area contributed by atoms with Gasteiger partial charge in [0.05, 0.1) is 0 Å². The molecule has 0 aromatic carbocycles. The lowest BCUT2D eigenvalue weighted by atomic mass is 9.94. The molecular weight excluding hydrogens is 288 g/mol. The van der Waals surface area contributed by atoms with Crippen LogP contribution >= 0.6 is 11.6 Å². The predicted molar refractivity (Wildman–Crippen MR) is 74.1 cm³/mol. The second kappa shape index (κ2) is 5.60. The van der Waals surface area contributed by atoms with Crippen LogP contribution < -0.4 is 4.72 Å². The Morgan fingerprint density at radius 1 is 1.37 bits per heavy atom. The summed E-state index contributed by atoms with van der Waals surface area (Å²) in [6.07, 6.45) is 2.45. The van der Waals surface area contributed by atoms with Gasteiger partial charge in [-0.15, -0.1) is 0 Å². The Morgan fingerprint density at radius 3 is 2.58 bits per heavy atom. The molecular formula is C11H17ClN4O2S. The first-order valence-electron chi connectivity index (χ1n) is 6.13. The summed E-state index contributed by atoms with van der Waals surface area (Å²) in [5, 5.41) is 0.202. The van der Waals surface area contributed by atoms with Crippen molar-refractivity contribution in [2.24, 2.45) is 11.8 Å². The van der Waals surface area contributed by atoms with Crippen molar-refractivity contribution in [1.29, 1.82) is 0 Å². The summed E-state index contributed by atoms with van der Waals surface area (Å²) in [5.74, 6) is 0.694. The van der Waals surface area contributed by atoms with Crippen molar-refractivity contribution in [3.05, 3.63) is 17.4 Å². The molecule has 6 nitrogen and oxygen atoms in total. The van der Waals surface area contributed by atoms with Gasteiger partial charge in [0.15, 0.2) is 0 Å². The molecule has 0 amide bonds. The molecule has 1 N–H and O–H groups in total. The Labute approximate surface area is 118 Å². The zero-order chi connectivity index (χ0) is 14.0. The molecule has 1 aliphatic heterocycles. The lowest BCUT2D eigenvalue weighted by molar-refractivity contribution is 0.223. The first kappa shape index (κ1) is 14.5. The van der Waals surface area contributed by atoms with Crippen molar-refractivity contribution < 1.29 is 8.42 Å². The molecule has 0 saturated carbocycles. The van der Waals surface area contributed by atoms with Crippen LogP contribution in [0.1, 0.15) is 20.3 Å². The summed E-state index contributed by atoms with van der Waals surface area (Å²) < 4.78 is 28.3. The summed E-state index contributed by atoms with van der Waals surface area (Å²) in [6.45, 7) is 5.13. The van der Waals surface area contributed by atoms with Crippen molar-refractivity contribution in [1.82, 2.24) is 14.3 Å². The van der Waals surface area contributed by atoms with E-state index in [0.29, 0.717) is 24.9 Å². The van der Waals surface area contributed by atoms with Crippen LogP contribution in [0.25, 0.3) is 0 Å². The Kier molecular flexibility index (Phi) is 4.27. The van der Waals surface area contributed by atoms with Crippen molar-refractivity contribution in [2.75, 3.05) is 17.8 Å². The normalized spacial score (nSPS) is 25.2. The number of nitrogens with one attached hydrogen (secondary N) is 1. The molecule has 0 bridgehead atoms. The molecule has 1 aromatic heterocycles. The van der Waals surface area contributed by atoms with E-state index in [2.05, 4.69) is 14.7 Å². The van der Waals surface area contributed by atoms with Crippen LogP contribution in [0.5, 0.6) is 0 Å². The van der Waals surface area contributed by atoms with Gasteiger partial charge in [-0.25, -0.2) is 14.7 Å². The minimum absolute atomic E-state index is 0.00150. The van der Waals surface area contributed by atoms with Crippen LogP contribution in [-0.2, 0) is 10.2 Å². The fourth-order valence-electron chi connectivity index (χ4n) is 2.37. The first-order valence-corrected chi connectivity index (χ1v) is 7.95. The maximum Gasteiger partial charge on any atom is 0.303 e. The van der Waals surface area contributed by atoms with Gasteiger partial charge in [0.2, 0.25) is 5.95 Å². The molecule has 1 aliphatic rings. The molecule has 0 spiro atoms. The Morgan fingerprint density at radius 2 is 2.00 bits per heavy atom. The molecule has 2 rings (SSSR count). The van der Waals surface area contributed by atoms with Gasteiger partial charge in [0.25, 0.3) is 0 Å². The number of hydrogen-bond acceptors (Lipinski definition) is 4. The van der Waals surface area contributed by atoms with E-state index in [9.17, 15) is 8.42 Å². The largest absolute Gasteiger partial charge is 0.303 e. The fraction of sp³-hybridized carbons (Fsp3) is 0.636. The van der Waals surface area contributed by atoms with Gasteiger partial charge in [0, 0.05) is 19.3 Å². The molecule has 19 heavy (non-hydrogen) atoms. The average Bonchev–Trinajstić information content (AvgIpc) is 2.26. The number of nitrogens with zero attached hydrogens (tertiary/aromatic N) is 3. The highest BCUT2D eigenvalue weighted by Gasteiger charge is 2.30. The van der Waals surface area contributed by atoms with Crippen molar-refractivity contribution in [3.8, 4) is 0 Å². The Balaban J connectivity index is 2.14. The van der Waals surface area contributed by atoms with Gasteiger partial charge in [-0.1, -0.05) is 25.4 Å². The molecule has 0 aliphatic carbocycles. The topological polar surface area (TPSA) is 75.2 Å². The first-order chi connectivity index (χ1) is 8.87. The van der Waals surface area contributed by atoms with Crippen LogP contribution in [0.4, 0.5) is 5.95 Å². The van der Waals surface area contributed by atoms with Crippen molar-refractivity contribution >= 4 is 27.8 Å². The number of anilines is 1. The maximum atomic E-state index is 12.2. The van der Waals surface area contributed by atoms with E-state index < -0.39 is 10.2 Å². The van der Waals surface area contributed by atoms with E-state index in [4.69, 9.17) is 11.6 Å². The lowest BCUT2D eigenvalue weighted by Crippen LogP contribution is -2.45. The smallest absolute Gasteiger partial charge is 0.238 e. The number of piperidine rings is 1. The molecule has 2 unspecified atom stereocenters. The number of halogens is 1. The zero-order valence-electron chi connectivity index (χ0n) is 10.9. The van der Waals surface area contributed by atoms with E-state index in [0.717, 1.165) is 6.42 Å². The fourth-order valence-corrected chi connectivity index (χ4v) is 3.86. The highest BCUT2D eigenvalue weighted by Crippen LogP contribution is 2.23. The monoisotopic (exact) mass is 304 g/mol. The third-order valence-electron chi connectivity index (χ3n) is 3.02. The third kappa shape index (κ3) is 3.77. The van der Waals surface area contributed by atoms with Crippen LogP contribution in [-0.4, -0.2) is 35.8 Å². The Bertz CT molecular complexity index is 541. The van der Waals surface area contributed by atoms with Crippen LogP contribution in [0, 0.1) is 11.8 Å². The van der Waals surface area contributed by atoms with Crippen LogP contribution in [0.3, 0.4) is 0 Å². The Hall–Kier alpha value is -0.920. The SMILES string of the molecule is CC1CC(C)CN(S(=O)(=O)Nc2nccc(Cl)n2)C1. The molecule has 1 aromatic rings. The minimum Gasteiger partial charge on any atom is -0.238 e. The third-order valence-corrected chi connectivity index (χ3v) is 4.65.